The molecule has 0 radical (unpaired) electrons. The molecule has 1 aromatic heterocycles. The molecule has 0 aliphatic carbocycles. The molecule has 2 rings (SSSR count). The van der Waals surface area contributed by atoms with Crippen molar-refractivity contribution in [2.75, 3.05) is 4.72 Å². The van der Waals surface area contributed by atoms with Crippen molar-refractivity contribution in [1.29, 1.82) is 0 Å². The summed E-state index contributed by atoms with van der Waals surface area (Å²) in [5.41, 5.74) is 0.779. The molecule has 8 heteroatoms. The molecule has 2 aromatic rings. The van der Waals surface area contributed by atoms with Gasteiger partial charge in [-0.1, -0.05) is 11.6 Å². The Balaban J connectivity index is 2.39. The Morgan fingerprint density at radius 3 is 2.57 bits per heavy atom. The first kappa shape index (κ1) is 15.3. The molecule has 21 heavy (non-hydrogen) atoms. The molecule has 0 aliphatic rings. The summed E-state index contributed by atoms with van der Waals surface area (Å²) in [6.07, 6.45) is 2.47. The summed E-state index contributed by atoms with van der Waals surface area (Å²) < 4.78 is 26.7. The average Bonchev–Trinajstić information content (AvgIpc) is 2.37. The van der Waals surface area contributed by atoms with E-state index in [-0.39, 0.29) is 21.2 Å². The van der Waals surface area contributed by atoms with Gasteiger partial charge in [-0.05, 0) is 36.8 Å². The number of nitrogens with zero attached hydrogens (tertiary/aromatic N) is 1. The molecule has 0 saturated heterocycles. The molecule has 1 heterocycles. The van der Waals surface area contributed by atoms with E-state index < -0.39 is 16.0 Å². The molecule has 6 nitrogen and oxygen atoms in total. The van der Waals surface area contributed by atoms with Crippen LogP contribution in [0.4, 0.5) is 5.69 Å². The van der Waals surface area contributed by atoms with Gasteiger partial charge in [-0.3, -0.25) is 9.71 Å². The minimum Gasteiger partial charge on any atom is -0.478 e. The van der Waals surface area contributed by atoms with Gasteiger partial charge in [-0.15, -0.1) is 0 Å². The van der Waals surface area contributed by atoms with Gasteiger partial charge in [-0.2, -0.15) is 0 Å². The number of rotatable bonds is 4. The second-order valence-corrected chi connectivity index (χ2v) is 6.46. The van der Waals surface area contributed by atoms with Gasteiger partial charge in [0.15, 0.2) is 0 Å². The fourth-order valence-corrected chi connectivity index (χ4v) is 2.99. The largest absolute Gasteiger partial charge is 0.478 e. The van der Waals surface area contributed by atoms with Gasteiger partial charge >= 0.3 is 5.97 Å². The predicted molar refractivity (Wildman–Crippen MR) is 78.2 cm³/mol. The number of hydrogen-bond acceptors (Lipinski definition) is 4. The number of carboxylic acid groups (broad SMARTS) is 1. The van der Waals surface area contributed by atoms with Crippen LogP contribution in [0.2, 0.25) is 5.02 Å². The van der Waals surface area contributed by atoms with Crippen LogP contribution in [0.15, 0.2) is 41.6 Å². The van der Waals surface area contributed by atoms with Crippen LogP contribution in [-0.4, -0.2) is 24.5 Å². The third-order valence-electron chi connectivity index (χ3n) is 2.57. The lowest BCUT2D eigenvalue weighted by Crippen LogP contribution is -2.14. The fraction of sp³-hybridized carbons (Fsp3) is 0.0769. The number of anilines is 1. The normalized spacial score (nSPS) is 11.1. The number of pyridine rings is 1. The Hall–Kier alpha value is -2.12. The Morgan fingerprint density at radius 1 is 1.24 bits per heavy atom. The van der Waals surface area contributed by atoms with Crippen molar-refractivity contribution in [1.82, 2.24) is 4.98 Å². The summed E-state index contributed by atoms with van der Waals surface area (Å²) in [6.45, 7) is 1.67. The van der Waals surface area contributed by atoms with Crippen LogP contribution in [-0.2, 0) is 10.0 Å². The van der Waals surface area contributed by atoms with Gasteiger partial charge in [0.25, 0.3) is 10.0 Å². The zero-order chi connectivity index (χ0) is 15.6. The summed E-state index contributed by atoms with van der Waals surface area (Å²) in [5.74, 6) is -1.14. The average molecular weight is 327 g/mol. The highest BCUT2D eigenvalue weighted by Crippen LogP contribution is 2.20. The summed E-state index contributed by atoms with van der Waals surface area (Å²) in [5, 5.41) is 9.17. The van der Waals surface area contributed by atoms with Crippen LogP contribution in [0.25, 0.3) is 0 Å². The van der Waals surface area contributed by atoms with Crippen LogP contribution in [0.1, 0.15) is 15.9 Å². The number of aryl methyl sites for hydroxylation is 1. The van der Waals surface area contributed by atoms with Crippen LogP contribution in [0, 0.1) is 6.92 Å². The number of aromatic nitrogens is 1. The highest BCUT2D eigenvalue weighted by Gasteiger charge is 2.16. The number of benzene rings is 1. The van der Waals surface area contributed by atoms with Gasteiger partial charge in [0.2, 0.25) is 0 Å². The van der Waals surface area contributed by atoms with Gasteiger partial charge in [0, 0.05) is 18.1 Å². The van der Waals surface area contributed by atoms with E-state index in [1.807, 2.05) is 0 Å². The van der Waals surface area contributed by atoms with E-state index in [0.29, 0.717) is 5.56 Å². The second kappa shape index (κ2) is 5.71. The van der Waals surface area contributed by atoms with Crippen LogP contribution < -0.4 is 4.72 Å². The van der Waals surface area contributed by atoms with E-state index in [9.17, 15) is 13.2 Å². The molecule has 110 valence electrons. The lowest BCUT2D eigenvalue weighted by atomic mass is 10.1. The number of hydrogen-bond donors (Lipinski definition) is 2. The minimum absolute atomic E-state index is 0.00285. The molecule has 1 aromatic carbocycles. The Labute approximate surface area is 126 Å². The van der Waals surface area contributed by atoms with Crippen LogP contribution >= 0.6 is 11.6 Å². The predicted octanol–water partition coefficient (Wildman–Crippen LogP) is 2.54. The number of halogens is 1. The summed E-state index contributed by atoms with van der Waals surface area (Å²) >= 11 is 5.71. The number of sulfonamides is 1. The van der Waals surface area contributed by atoms with Crippen LogP contribution in [0.5, 0.6) is 0 Å². The molecule has 0 spiro atoms. The van der Waals surface area contributed by atoms with E-state index in [1.54, 1.807) is 6.92 Å². The van der Waals surface area contributed by atoms with Crippen molar-refractivity contribution in [3.63, 3.8) is 0 Å². The number of carboxylic acids is 1. The highest BCUT2D eigenvalue weighted by molar-refractivity contribution is 7.92. The Bertz CT molecular complexity index is 806. The molecule has 0 unspecified atom stereocenters. The van der Waals surface area contributed by atoms with Crippen molar-refractivity contribution < 1.29 is 18.3 Å². The number of nitrogens with one attached hydrogen (secondary N) is 1. The molecule has 0 amide bonds. The van der Waals surface area contributed by atoms with E-state index in [0.717, 1.165) is 6.20 Å². The molecule has 0 atom stereocenters. The lowest BCUT2D eigenvalue weighted by Gasteiger charge is -2.09. The van der Waals surface area contributed by atoms with E-state index in [2.05, 4.69) is 9.71 Å². The second-order valence-electron chi connectivity index (χ2n) is 4.34. The third-order valence-corrected chi connectivity index (χ3v) is 4.12. The van der Waals surface area contributed by atoms with E-state index in [4.69, 9.17) is 16.7 Å². The smallest absolute Gasteiger partial charge is 0.335 e. The van der Waals surface area contributed by atoms with E-state index >= 15 is 0 Å². The highest BCUT2D eigenvalue weighted by atomic mass is 35.5. The maximum Gasteiger partial charge on any atom is 0.335 e. The first-order chi connectivity index (χ1) is 9.78. The molecule has 0 aliphatic heterocycles. The Kier molecular flexibility index (Phi) is 4.15. The van der Waals surface area contributed by atoms with Gasteiger partial charge in [0.1, 0.15) is 4.90 Å². The third kappa shape index (κ3) is 3.71. The molecule has 2 N–H and O–H groups in total. The number of carbonyl (C=O) groups is 1. The van der Waals surface area contributed by atoms with Crippen molar-refractivity contribution in [2.45, 2.75) is 11.8 Å². The summed E-state index contributed by atoms with van der Waals surface area (Å²) in [7, 11) is -3.88. The quantitative estimate of drug-likeness (QED) is 0.900. The van der Waals surface area contributed by atoms with Gasteiger partial charge in [-0.25, -0.2) is 13.2 Å². The summed E-state index contributed by atoms with van der Waals surface area (Å²) in [6, 6.07) is 5.47. The molecule has 0 saturated carbocycles. The first-order valence-corrected chi connectivity index (χ1v) is 7.62. The monoisotopic (exact) mass is 326 g/mol. The van der Waals surface area contributed by atoms with Crippen molar-refractivity contribution >= 4 is 33.3 Å². The SMILES string of the molecule is Cc1cc(NS(=O)(=O)c2cncc(Cl)c2)cc(C(=O)O)c1. The van der Waals surface area contributed by atoms with Gasteiger partial charge < -0.3 is 5.11 Å². The summed E-state index contributed by atoms with van der Waals surface area (Å²) in [4.78, 5) is 14.6. The molecule has 0 bridgehead atoms. The van der Waals surface area contributed by atoms with Crippen molar-refractivity contribution in [2.24, 2.45) is 0 Å². The number of aromatic carboxylic acids is 1. The van der Waals surface area contributed by atoms with Crippen molar-refractivity contribution in [3.8, 4) is 0 Å². The van der Waals surface area contributed by atoms with E-state index in [1.165, 1.54) is 30.5 Å². The fourth-order valence-electron chi connectivity index (χ4n) is 1.72. The topological polar surface area (TPSA) is 96.4 Å². The standard InChI is InChI=1S/C13H11ClN2O4S/c1-8-2-9(13(17)18)4-11(3-8)16-21(19,20)12-5-10(14)6-15-7-12/h2-7,16H,1H3,(H,17,18). The van der Waals surface area contributed by atoms with Crippen LogP contribution in [0.3, 0.4) is 0 Å². The van der Waals surface area contributed by atoms with Gasteiger partial charge in [0.05, 0.1) is 10.6 Å². The minimum atomic E-state index is -3.88. The molecular formula is C13H11ClN2O4S. The molecular weight excluding hydrogens is 316 g/mol. The first-order valence-electron chi connectivity index (χ1n) is 5.76. The van der Waals surface area contributed by atoms with Crippen molar-refractivity contribution in [3.05, 3.63) is 52.8 Å². The zero-order valence-corrected chi connectivity index (χ0v) is 12.4. The zero-order valence-electron chi connectivity index (χ0n) is 10.9. The Morgan fingerprint density at radius 2 is 1.95 bits per heavy atom. The molecule has 0 fully saturated rings. The maximum atomic E-state index is 12.2. The maximum absolute atomic E-state index is 12.2. The lowest BCUT2D eigenvalue weighted by molar-refractivity contribution is 0.0697.